The van der Waals surface area contributed by atoms with Crippen molar-refractivity contribution < 1.29 is 13.2 Å². The molecule has 17 heavy (non-hydrogen) atoms. The molecular weight excluding hydrogens is 265 g/mol. The normalized spacial score (nSPS) is 10.5. The van der Waals surface area contributed by atoms with Crippen LogP contribution in [-0.2, 0) is 0 Å². The van der Waals surface area contributed by atoms with Crippen LogP contribution in [0.3, 0.4) is 0 Å². The summed E-state index contributed by atoms with van der Waals surface area (Å²) in [4.78, 5) is 0.695. The SMILES string of the molecule is Fc1cc(F)c(SSc2ccccc2)c(F)c1. The molecule has 0 aliphatic heterocycles. The summed E-state index contributed by atoms with van der Waals surface area (Å²) in [5.41, 5.74) is 0. The average Bonchev–Trinajstić information content (AvgIpc) is 2.29. The summed E-state index contributed by atoms with van der Waals surface area (Å²) in [7, 11) is 2.16. The Hall–Kier alpha value is -1.07. The Morgan fingerprint density at radius 3 is 1.94 bits per heavy atom. The molecule has 0 unspecified atom stereocenters. The standard InChI is InChI=1S/C12H7F3S2/c13-8-6-10(14)12(11(15)7-8)17-16-9-4-2-1-3-5-9/h1-7H. The van der Waals surface area contributed by atoms with Gasteiger partial charge in [0.05, 0.1) is 4.90 Å². The lowest BCUT2D eigenvalue weighted by Gasteiger charge is -2.04. The van der Waals surface area contributed by atoms with Gasteiger partial charge in [0, 0.05) is 17.0 Å². The van der Waals surface area contributed by atoms with Gasteiger partial charge in [-0.15, -0.1) is 0 Å². The Bertz CT molecular complexity index is 491. The summed E-state index contributed by atoms with van der Waals surface area (Å²) in [6, 6.07) is 10.5. The molecule has 2 aromatic carbocycles. The van der Waals surface area contributed by atoms with Gasteiger partial charge < -0.3 is 0 Å². The topological polar surface area (TPSA) is 0 Å². The molecule has 88 valence electrons. The fraction of sp³-hybridized carbons (Fsp3) is 0. The smallest absolute Gasteiger partial charge is 0.143 e. The molecule has 0 saturated carbocycles. The zero-order valence-electron chi connectivity index (χ0n) is 8.49. The molecule has 0 atom stereocenters. The van der Waals surface area contributed by atoms with E-state index in [1.165, 1.54) is 10.8 Å². The maximum atomic E-state index is 13.3. The molecule has 0 amide bonds. The van der Waals surface area contributed by atoms with Crippen molar-refractivity contribution in [1.29, 1.82) is 0 Å². The van der Waals surface area contributed by atoms with Crippen molar-refractivity contribution in [3.05, 3.63) is 59.9 Å². The summed E-state index contributed by atoms with van der Waals surface area (Å²) >= 11 is 0. The summed E-state index contributed by atoms with van der Waals surface area (Å²) in [6.45, 7) is 0. The third-order valence-electron chi connectivity index (χ3n) is 1.93. The summed E-state index contributed by atoms with van der Waals surface area (Å²) in [5.74, 6) is -2.67. The van der Waals surface area contributed by atoms with E-state index >= 15 is 0 Å². The van der Waals surface area contributed by atoms with Gasteiger partial charge in [-0.1, -0.05) is 29.0 Å². The molecule has 0 bridgehead atoms. The zero-order chi connectivity index (χ0) is 12.3. The quantitative estimate of drug-likeness (QED) is 0.729. The van der Waals surface area contributed by atoms with Gasteiger partial charge in [-0.3, -0.25) is 0 Å². The highest BCUT2D eigenvalue weighted by atomic mass is 33.1. The van der Waals surface area contributed by atoms with Crippen molar-refractivity contribution in [2.45, 2.75) is 9.79 Å². The van der Waals surface area contributed by atoms with Crippen LogP contribution in [0, 0.1) is 17.5 Å². The second kappa shape index (κ2) is 5.51. The van der Waals surface area contributed by atoms with Gasteiger partial charge in [-0.2, -0.15) is 0 Å². The highest BCUT2D eigenvalue weighted by molar-refractivity contribution is 8.76. The van der Waals surface area contributed by atoms with Gasteiger partial charge in [0.15, 0.2) is 0 Å². The van der Waals surface area contributed by atoms with Crippen LogP contribution in [0.25, 0.3) is 0 Å². The maximum Gasteiger partial charge on any atom is 0.143 e. The fourth-order valence-electron chi connectivity index (χ4n) is 1.17. The average molecular weight is 272 g/mol. The second-order valence-corrected chi connectivity index (χ2v) is 5.39. The van der Waals surface area contributed by atoms with Crippen LogP contribution >= 0.6 is 21.6 Å². The lowest BCUT2D eigenvalue weighted by molar-refractivity contribution is 0.511. The molecule has 0 fully saturated rings. The highest BCUT2D eigenvalue weighted by Crippen LogP contribution is 2.39. The molecule has 0 aliphatic carbocycles. The molecule has 0 saturated heterocycles. The summed E-state index contributed by atoms with van der Waals surface area (Å²) in [6.07, 6.45) is 0. The van der Waals surface area contributed by atoms with E-state index < -0.39 is 17.5 Å². The molecule has 0 nitrogen and oxygen atoms in total. The number of hydrogen-bond acceptors (Lipinski definition) is 2. The minimum Gasteiger partial charge on any atom is -0.207 e. The van der Waals surface area contributed by atoms with Crippen molar-refractivity contribution >= 4 is 21.6 Å². The van der Waals surface area contributed by atoms with Crippen molar-refractivity contribution in [1.82, 2.24) is 0 Å². The third-order valence-corrected chi connectivity index (χ3v) is 4.36. The Kier molecular flexibility index (Phi) is 4.02. The van der Waals surface area contributed by atoms with E-state index in [4.69, 9.17) is 0 Å². The lowest BCUT2D eigenvalue weighted by atomic mass is 10.3. The first-order valence-electron chi connectivity index (χ1n) is 4.71. The Morgan fingerprint density at radius 2 is 1.35 bits per heavy atom. The number of halogens is 3. The predicted octanol–water partition coefficient (Wildman–Crippen LogP) is 4.90. The van der Waals surface area contributed by atoms with Crippen LogP contribution in [0.5, 0.6) is 0 Å². The van der Waals surface area contributed by atoms with E-state index in [1.807, 2.05) is 30.3 Å². The Labute approximate surface area is 105 Å². The zero-order valence-corrected chi connectivity index (χ0v) is 10.1. The molecule has 0 N–H and O–H groups in total. The van der Waals surface area contributed by atoms with Gasteiger partial charge in [0.25, 0.3) is 0 Å². The van der Waals surface area contributed by atoms with Crippen molar-refractivity contribution in [2.24, 2.45) is 0 Å². The molecule has 0 aromatic heterocycles. The monoisotopic (exact) mass is 272 g/mol. The molecule has 0 radical (unpaired) electrons. The first-order valence-corrected chi connectivity index (χ1v) is 6.86. The first-order chi connectivity index (χ1) is 8.16. The van der Waals surface area contributed by atoms with Crippen LogP contribution in [0.4, 0.5) is 13.2 Å². The van der Waals surface area contributed by atoms with E-state index in [1.54, 1.807) is 0 Å². The van der Waals surface area contributed by atoms with E-state index in [2.05, 4.69) is 0 Å². The van der Waals surface area contributed by atoms with Crippen molar-refractivity contribution in [3.63, 3.8) is 0 Å². The Morgan fingerprint density at radius 1 is 0.765 bits per heavy atom. The fourth-order valence-corrected chi connectivity index (χ4v) is 3.25. The molecular formula is C12H7F3S2. The largest absolute Gasteiger partial charge is 0.207 e. The molecule has 2 rings (SSSR count). The van der Waals surface area contributed by atoms with E-state index in [-0.39, 0.29) is 4.90 Å². The molecule has 5 heteroatoms. The molecule has 0 spiro atoms. The minimum atomic E-state index is -0.908. The molecule has 0 heterocycles. The van der Waals surface area contributed by atoms with Crippen LogP contribution in [0.1, 0.15) is 0 Å². The van der Waals surface area contributed by atoms with Crippen molar-refractivity contribution in [3.8, 4) is 0 Å². The van der Waals surface area contributed by atoms with Crippen LogP contribution in [0.2, 0.25) is 0 Å². The van der Waals surface area contributed by atoms with Gasteiger partial charge in [-0.25, -0.2) is 13.2 Å². The summed E-state index contributed by atoms with van der Waals surface area (Å²) in [5, 5.41) is 0. The number of benzene rings is 2. The van der Waals surface area contributed by atoms with Gasteiger partial charge >= 0.3 is 0 Å². The van der Waals surface area contributed by atoms with E-state index in [0.29, 0.717) is 12.1 Å². The predicted molar refractivity (Wildman–Crippen MR) is 64.5 cm³/mol. The summed E-state index contributed by atoms with van der Waals surface area (Å²) < 4.78 is 39.3. The maximum absolute atomic E-state index is 13.3. The first kappa shape index (κ1) is 12.4. The number of rotatable bonds is 3. The molecule has 0 aliphatic rings. The number of hydrogen-bond donors (Lipinski definition) is 0. The van der Waals surface area contributed by atoms with Crippen molar-refractivity contribution in [2.75, 3.05) is 0 Å². The van der Waals surface area contributed by atoms with Gasteiger partial charge in [-0.05, 0) is 22.9 Å². The van der Waals surface area contributed by atoms with E-state index in [9.17, 15) is 13.2 Å². The second-order valence-electron chi connectivity index (χ2n) is 3.18. The lowest BCUT2D eigenvalue weighted by Crippen LogP contribution is -1.88. The minimum absolute atomic E-state index is 0.180. The van der Waals surface area contributed by atoms with Gasteiger partial charge in [0.2, 0.25) is 0 Å². The Balaban J connectivity index is 2.15. The highest BCUT2D eigenvalue weighted by Gasteiger charge is 2.12. The molecule has 2 aromatic rings. The van der Waals surface area contributed by atoms with E-state index in [0.717, 1.165) is 15.7 Å². The van der Waals surface area contributed by atoms with Gasteiger partial charge in [0.1, 0.15) is 17.5 Å². The van der Waals surface area contributed by atoms with Crippen LogP contribution in [0.15, 0.2) is 52.3 Å². The van der Waals surface area contributed by atoms with Crippen LogP contribution < -0.4 is 0 Å². The third kappa shape index (κ3) is 3.20. The van der Waals surface area contributed by atoms with Crippen LogP contribution in [-0.4, -0.2) is 0 Å².